The molecule has 2 N–H and O–H groups in total. The van der Waals surface area contributed by atoms with Crippen molar-refractivity contribution in [1.82, 2.24) is 10.2 Å². The molecule has 0 saturated heterocycles. The van der Waals surface area contributed by atoms with Crippen molar-refractivity contribution in [2.45, 2.75) is 26.3 Å². The van der Waals surface area contributed by atoms with E-state index in [0.29, 0.717) is 18.2 Å². The number of anilines is 1. The number of nitrogens with zero attached hydrogens (tertiary/aromatic N) is 1. The molecule has 0 aliphatic heterocycles. The molecule has 0 heterocycles. The molecule has 0 fully saturated rings. The predicted molar refractivity (Wildman–Crippen MR) is 80.7 cm³/mol. The summed E-state index contributed by atoms with van der Waals surface area (Å²) in [4.78, 5) is 14.0. The minimum Gasteiger partial charge on any atom is -0.385 e. The zero-order valence-corrected chi connectivity index (χ0v) is 12.4. The van der Waals surface area contributed by atoms with Crippen molar-refractivity contribution in [3.63, 3.8) is 0 Å². The topological polar surface area (TPSA) is 44.4 Å². The number of amides is 1. The summed E-state index contributed by atoms with van der Waals surface area (Å²) in [5.41, 5.74) is 1.76. The van der Waals surface area contributed by atoms with Crippen LogP contribution in [0.2, 0.25) is 0 Å². The standard InChI is InChI=1S/C15H25N3O/c1-5-10-16-14-8-6-13(7-9-14)15(19)17-11-12(2)18(3)4/h6-9,12,16H,5,10-11H2,1-4H3,(H,17,19). The zero-order valence-electron chi connectivity index (χ0n) is 12.4. The van der Waals surface area contributed by atoms with Gasteiger partial charge in [0.1, 0.15) is 0 Å². The molecule has 4 nitrogen and oxygen atoms in total. The van der Waals surface area contributed by atoms with Crippen LogP contribution in [-0.4, -0.2) is 44.0 Å². The van der Waals surface area contributed by atoms with Crippen LogP contribution in [0.1, 0.15) is 30.6 Å². The monoisotopic (exact) mass is 263 g/mol. The quantitative estimate of drug-likeness (QED) is 0.792. The maximum absolute atomic E-state index is 11.9. The van der Waals surface area contributed by atoms with Gasteiger partial charge in [0, 0.05) is 30.4 Å². The van der Waals surface area contributed by atoms with Crippen LogP contribution in [0.4, 0.5) is 5.69 Å². The summed E-state index contributed by atoms with van der Waals surface area (Å²) in [6.07, 6.45) is 1.09. The van der Waals surface area contributed by atoms with Gasteiger partial charge < -0.3 is 15.5 Å². The van der Waals surface area contributed by atoms with Gasteiger partial charge in [-0.05, 0) is 51.7 Å². The van der Waals surface area contributed by atoms with Gasteiger partial charge in [0.25, 0.3) is 5.91 Å². The maximum atomic E-state index is 11.9. The van der Waals surface area contributed by atoms with Gasteiger partial charge in [-0.1, -0.05) is 6.92 Å². The molecule has 0 aliphatic rings. The Morgan fingerprint density at radius 2 is 1.89 bits per heavy atom. The first kappa shape index (κ1) is 15.5. The van der Waals surface area contributed by atoms with Gasteiger partial charge in [0.05, 0.1) is 0 Å². The van der Waals surface area contributed by atoms with Gasteiger partial charge in [-0.25, -0.2) is 0 Å². The van der Waals surface area contributed by atoms with Crippen LogP contribution in [0.5, 0.6) is 0 Å². The largest absolute Gasteiger partial charge is 0.385 e. The van der Waals surface area contributed by atoms with Crippen LogP contribution in [0.15, 0.2) is 24.3 Å². The second-order valence-electron chi connectivity index (χ2n) is 5.03. The van der Waals surface area contributed by atoms with Gasteiger partial charge in [-0.3, -0.25) is 4.79 Å². The molecule has 1 atom stereocenters. The number of hydrogen-bond donors (Lipinski definition) is 2. The van der Waals surface area contributed by atoms with Gasteiger partial charge in [-0.15, -0.1) is 0 Å². The SMILES string of the molecule is CCCNc1ccc(C(=O)NCC(C)N(C)C)cc1. The molecular formula is C15H25N3O. The number of carbonyl (C=O) groups is 1. The molecule has 0 aliphatic carbocycles. The van der Waals surface area contributed by atoms with Crippen LogP contribution in [-0.2, 0) is 0 Å². The molecule has 1 aromatic rings. The highest BCUT2D eigenvalue weighted by Crippen LogP contribution is 2.09. The first-order valence-electron chi connectivity index (χ1n) is 6.83. The first-order valence-corrected chi connectivity index (χ1v) is 6.83. The minimum atomic E-state index is -0.0178. The highest BCUT2D eigenvalue weighted by Gasteiger charge is 2.08. The van der Waals surface area contributed by atoms with Crippen molar-refractivity contribution in [2.75, 3.05) is 32.5 Å². The molecule has 0 spiro atoms. The Kier molecular flexibility index (Phi) is 6.36. The van der Waals surface area contributed by atoms with Crippen molar-refractivity contribution in [3.8, 4) is 0 Å². The highest BCUT2D eigenvalue weighted by atomic mass is 16.1. The Morgan fingerprint density at radius 1 is 1.26 bits per heavy atom. The van der Waals surface area contributed by atoms with Crippen LogP contribution in [0, 0.1) is 0 Å². The van der Waals surface area contributed by atoms with Crippen molar-refractivity contribution in [1.29, 1.82) is 0 Å². The Hall–Kier alpha value is -1.55. The van der Waals surface area contributed by atoms with E-state index in [1.807, 2.05) is 38.4 Å². The molecule has 0 saturated carbocycles. The first-order chi connectivity index (χ1) is 9.04. The van der Waals surface area contributed by atoms with E-state index in [9.17, 15) is 4.79 Å². The van der Waals surface area contributed by atoms with E-state index < -0.39 is 0 Å². The van der Waals surface area contributed by atoms with Gasteiger partial charge in [0.15, 0.2) is 0 Å². The third kappa shape index (κ3) is 5.30. The number of likely N-dealkylation sites (N-methyl/N-ethyl adjacent to an activating group) is 1. The lowest BCUT2D eigenvalue weighted by atomic mass is 10.2. The molecule has 1 aromatic carbocycles. The lowest BCUT2D eigenvalue weighted by Gasteiger charge is -2.20. The Morgan fingerprint density at radius 3 is 2.42 bits per heavy atom. The second-order valence-corrected chi connectivity index (χ2v) is 5.03. The summed E-state index contributed by atoms with van der Waals surface area (Å²) >= 11 is 0. The normalized spacial score (nSPS) is 12.3. The summed E-state index contributed by atoms with van der Waals surface area (Å²) in [5, 5.41) is 6.23. The molecule has 1 amide bonds. The fourth-order valence-corrected chi connectivity index (χ4v) is 1.53. The molecule has 4 heteroatoms. The number of rotatable bonds is 7. The third-order valence-electron chi connectivity index (χ3n) is 3.17. The van der Waals surface area contributed by atoms with Crippen LogP contribution in [0.25, 0.3) is 0 Å². The Balaban J connectivity index is 2.48. The lowest BCUT2D eigenvalue weighted by Crippen LogP contribution is -2.38. The fourth-order valence-electron chi connectivity index (χ4n) is 1.53. The molecule has 19 heavy (non-hydrogen) atoms. The molecule has 106 valence electrons. The van der Waals surface area contributed by atoms with Gasteiger partial charge in [-0.2, -0.15) is 0 Å². The molecular weight excluding hydrogens is 238 g/mol. The second kappa shape index (κ2) is 7.79. The number of benzene rings is 1. The van der Waals surface area contributed by atoms with E-state index in [2.05, 4.69) is 29.4 Å². The van der Waals surface area contributed by atoms with Gasteiger partial charge >= 0.3 is 0 Å². The molecule has 0 bridgehead atoms. The molecule has 0 radical (unpaired) electrons. The van der Waals surface area contributed by atoms with E-state index in [1.165, 1.54) is 0 Å². The Labute approximate surface area is 116 Å². The van der Waals surface area contributed by atoms with E-state index >= 15 is 0 Å². The molecule has 1 rings (SSSR count). The minimum absolute atomic E-state index is 0.0178. The van der Waals surface area contributed by atoms with E-state index in [4.69, 9.17) is 0 Å². The predicted octanol–water partition coefficient (Wildman–Crippen LogP) is 2.19. The smallest absolute Gasteiger partial charge is 0.251 e. The highest BCUT2D eigenvalue weighted by molar-refractivity contribution is 5.94. The molecule has 0 aromatic heterocycles. The van der Waals surface area contributed by atoms with Gasteiger partial charge in [0.2, 0.25) is 0 Å². The Bertz CT molecular complexity index is 387. The maximum Gasteiger partial charge on any atom is 0.251 e. The number of carbonyl (C=O) groups excluding carboxylic acids is 1. The van der Waals surface area contributed by atoms with Crippen LogP contribution in [0.3, 0.4) is 0 Å². The average Bonchev–Trinajstić information content (AvgIpc) is 2.42. The van der Waals surface area contributed by atoms with Crippen molar-refractivity contribution >= 4 is 11.6 Å². The lowest BCUT2D eigenvalue weighted by molar-refractivity contribution is 0.0943. The average molecular weight is 263 g/mol. The summed E-state index contributed by atoms with van der Waals surface area (Å²) in [7, 11) is 4.01. The van der Waals surface area contributed by atoms with E-state index in [1.54, 1.807) is 0 Å². The van der Waals surface area contributed by atoms with Crippen LogP contribution < -0.4 is 10.6 Å². The van der Waals surface area contributed by atoms with E-state index in [0.717, 1.165) is 18.7 Å². The zero-order chi connectivity index (χ0) is 14.3. The summed E-state index contributed by atoms with van der Waals surface area (Å²) in [5.74, 6) is -0.0178. The van der Waals surface area contributed by atoms with Crippen molar-refractivity contribution < 1.29 is 4.79 Å². The summed E-state index contributed by atoms with van der Waals surface area (Å²) < 4.78 is 0. The number of nitrogens with one attached hydrogen (secondary N) is 2. The number of hydrogen-bond acceptors (Lipinski definition) is 3. The van der Waals surface area contributed by atoms with Crippen molar-refractivity contribution in [2.24, 2.45) is 0 Å². The van der Waals surface area contributed by atoms with Crippen molar-refractivity contribution in [3.05, 3.63) is 29.8 Å². The van der Waals surface area contributed by atoms with E-state index in [-0.39, 0.29) is 5.91 Å². The summed E-state index contributed by atoms with van der Waals surface area (Å²) in [6, 6.07) is 7.93. The van der Waals surface area contributed by atoms with Crippen LogP contribution >= 0.6 is 0 Å². The summed E-state index contributed by atoms with van der Waals surface area (Å²) in [6.45, 7) is 5.81. The fraction of sp³-hybridized carbons (Fsp3) is 0.533. The third-order valence-corrected chi connectivity index (χ3v) is 3.17. The molecule has 1 unspecified atom stereocenters.